The predicted octanol–water partition coefficient (Wildman–Crippen LogP) is 5.61. The van der Waals surface area contributed by atoms with Gasteiger partial charge in [-0.15, -0.1) is 0 Å². The molecule has 0 aliphatic heterocycles. The Balaban J connectivity index is 1.56. The highest BCUT2D eigenvalue weighted by atomic mass is 79.9. The molecule has 6 nitrogen and oxygen atoms in total. The molecule has 0 aliphatic carbocycles. The van der Waals surface area contributed by atoms with Gasteiger partial charge >= 0.3 is 5.69 Å². The molecule has 0 saturated heterocycles. The highest BCUT2D eigenvalue weighted by molar-refractivity contribution is 9.10. The number of nitrogens with zero attached hydrogens (tertiary/aromatic N) is 1. The van der Waals surface area contributed by atoms with Crippen LogP contribution < -0.4 is 15.2 Å². The minimum absolute atomic E-state index is 0.243. The van der Waals surface area contributed by atoms with Gasteiger partial charge in [-0.1, -0.05) is 29.8 Å². The largest absolute Gasteiger partial charge is 0.493 e. The third kappa shape index (κ3) is 4.42. The summed E-state index contributed by atoms with van der Waals surface area (Å²) in [7, 11) is 1.58. The molecule has 4 aromatic rings. The smallest absolute Gasteiger partial charge is 0.323 e. The van der Waals surface area contributed by atoms with Gasteiger partial charge in [0, 0.05) is 16.8 Å². The van der Waals surface area contributed by atoms with Crippen LogP contribution in [-0.4, -0.2) is 23.3 Å². The minimum Gasteiger partial charge on any atom is -0.493 e. The van der Waals surface area contributed by atoms with E-state index >= 15 is 0 Å². The highest BCUT2D eigenvalue weighted by Gasteiger charge is 2.12. The molecular weight excluding hydrogens is 470 g/mol. The standard InChI is InChI=1S/C22H17BrClN3O3/c1-29-20-9-13(11-25-15-6-7-18-19(10-15)27-22(28)26-18)8-16(23)21(20)30-12-14-4-2-3-5-17(14)24/h2-11H,12H2,1H3,(H2,26,27,28). The maximum atomic E-state index is 11.4. The van der Waals surface area contributed by atoms with Crippen molar-refractivity contribution in [2.24, 2.45) is 4.99 Å². The second kappa shape index (κ2) is 8.77. The van der Waals surface area contributed by atoms with Gasteiger partial charge in [-0.05, 0) is 57.9 Å². The topological polar surface area (TPSA) is 79.5 Å². The average Bonchev–Trinajstić information content (AvgIpc) is 3.11. The van der Waals surface area contributed by atoms with Crippen LogP contribution in [0.1, 0.15) is 11.1 Å². The molecule has 0 fully saturated rings. The fraction of sp³-hybridized carbons (Fsp3) is 0.0909. The Kier molecular flexibility index (Phi) is 5.92. The third-order valence-corrected chi connectivity index (χ3v) is 5.40. The van der Waals surface area contributed by atoms with Gasteiger partial charge in [0.2, 0.25) is 0 Å². The summed E-state index contributed by atoms with van der Waals surface area (Å²) in [6.07, 6.45) is 1.72. The number of halogens is 2. The number of methoxy groups -OCH3 is 1. The summed E-state index contributed by atoms with van der Waals surface area (Å²) < 4.78 is 12.2. The van der Waals surface area contributed by atoms with Crippen molar-refractivity contribution in [3.8, 4) is 11.5 Å². The lowest BCUT2D eigenvalue weighted by atomic mass is 10.2. The molecule has 8 heteroatoms. The number of aromatic amines is 2. The zero-order valence-corrected chi connectivity index (χ0v) is 18.3. The van der Waals surface area contributed by atoms with E-state index in [-0.39, 0.29) is 5.69 Å². The summed E-state index contributed by atoms with van der Waals surface area (Å²) in [6.45, 7) is 0.316. The van der Waals surface area contributed by atoms with E-state index < -0.39 is 0 Å². The number of hydrogen-bond donors (Lipinski definition) is 2. The van der Waals surface area contributed by atoms with Crippen molar-refractivity contribution in [1.29, 1.82) is 0 Å². The van der Waals surface area contributed by atoms with Crippen LogP contribution in [0, 0.1) is 0 Å². The second-order valence-electron chi connectivity index (χ2n) is 6.48. The summed E-state index contributed by atoms with van der Waals surface area (Å²) in [5.41, 5.74) is 3.63. The van der Waals surface area contributed by atoms with E-state index in [9.17, 15) is 4.79 Å². The number of fused-ring (bicyclic) bond motifs is 1. The number of aliphatic imine (C=N–C) groups is 1. The van der Waals surface area contributed by atoms with Crippen molar-refractivity contribution in [2.45, 2.75) is 6.61 Å². The Hall–Kier alpha value is -3.03. The van der Waals surface area contributed by atoms with Crippen molar-refractivity contribution in [1.82, 2.24) is 9.97 Å². The molecule has 0 amide bonds. The molecule has 3 aromatic carbocycles. The number of aromatic nitrogens is 2. The Labute approximate surface area is 185 Å². The van der Waals surface area contributed by atoms with Crippen LogP contribution in [-0.2, 0) is 6.61 Å². The fourth-order valence-electron chi connectivity index (χ4n) is 2.97. The molecule has 0 radical (unpaired) electrons. The number of rotatable bonds is 6. The number of ether oxygens (including phenoxy) is 2. The molecule has 4 rings (SSSR count). The van der Waals surface area contributed by atoms with Gasteiger partial charge < -0.3 is 19.4 Å². The number of nitrogens with one attached hydrogen (secondary N) is 2. The summed E-state index contributed by atoms with van der Waals surface area (Å²) in [6, 6.07) is 16.7. The lowest BCUT2D eigenvalue weighted by Crippen LogP contribution is -2.00. The van der Waals surface area contributed by atoms with Gasteiger partial charge in [0.25, 0.3) is 0 Å². The first kappa shape index (κ1) is 20.3. The number of H-pyrrole nitrogens is 2. The molecule has 30 heavy (non-hydrogen) atoms. The molecule has 0 aliphatic rings. The van der Waals surface area contributed by atoms with Gasteiger partial charge in [0.15, 0.2) is 11.5 Å². The number of benzene rings is 3. The summed E-state index contributed by atoms with van der Waals surface area (Å²) in [5, 5.41) is 0.650. The van der Waals surface area contributed by atoms with Gasteiger partial charge in [0.1, 0.15) is 6.61 Å². The Bertz CT molecular complexity index is 1300. The normalized spacial score (nSPS) is 11.3. The predicted molar refractivity (Wildman–Crippen MR) is 123 cm³/mol. The number of hydrogen-bond acceptors (Lipinski definition) is 4. The minimum atomic E-state index is -0.243. The molecule has 152 valence electrons. The van der Waals surface area contributed by atoms with Crippen LogP contribution in [0.3, 0.4) is 0 Å². The summed E-state index contributed by atoms with van der Waals surface area (Å²) >= 11 is 9.75. The molecule has 0 saturated carbocycles. The average molecular weight is 487 g/mol. The molecule has 1 heterocycles. The quantitative estimate of drug-likeness (QED) is 0.348. The van der Waals surface area contributed by atoms with Crippen molar-refractivity contribution in [3.05, 3.63) is 85.7 Å². The molecule has 0 spiro atoms. The molecular formula is C22H17BrClN3O3. The Morgan fingerprint density at radius 3 is 2.70 bits per heavy atom. The molecule has 1 aromatic heterocycles. The van der Waals surface area contributed by atoms with E-state index in [0.29, 0.717) is 34.3 Å². The van der Waals surface area contributed by atoms with Gasteiger partial charge in [0.05, 0.1) is 28.3 Å². The van der Waals surface area contributed by atoms with Crippen LogP contribution in [0.2, 0.25) is 5.02 Å². The van der Waals surface area contributed by atoms with Crippen LogP contribution in [0.5, 0.6) is 11.5 Å². The highest BCUT2D eigenvalue weighted by Crippen LogP contribution is 2.37. The first-order valence-corrected chi connectivity index (χ1v) is 10.2. The van der Waals surface area contributed by atoms with E-state index in [2.05, 4.69) is 30.9 Å². The Morgan fingerprint density at radius 2 is 1.90 bits per heavy atom. The second-order valence-corrected chi connectivity index (χ2v) is 7.74. The zero-order chi connectivity index (χ0) is 21.1. The molecule has 0 unspecified atom stereocenters. The van der Waals surface area contributed by atoms with Crippen molar-refractivity contribution in [2.75, 3.05) is 7.11 Å². The van der Waals surface area contributed by atoms with Crippen molar-refractivity contribution < 1.29 is 9.47 Å². The van der Waals surface area contributed by atoms with Crippen LogP contribution in [0.15, 0.2) is 68.9 Å². The molecule has 0 bridgehead atoms. The lowest BCUT2D eigenvalue weighted by molar-refractivity contribution is 0.282. The van der Waals surface area contributed by atoms with E-state index in [4.69, 9.17) is 21.1 Å². The van der Waals surface area contributed by atoms with Crippen LogP contribution >= 0.6 is 27.5 Å². The Morgan fingerprint density at radius 1 is 1.10 bits per heavy atom. The van der Waals surface area contributed by atoms with E-state index in [1.54, 1.807) is 19.4 Å². The first-order chi connectivity index (χ1) is 14.5. The molecule has 2 N–H and O–H groups in total. The van der Waals surface area contributed by atoms with E-state index in [0.717, 1.165) is 21.1 Å². The van der Waals surface area contributed by atoms with Gasteiger partial charge in [-0.25, -0.2) is 4.79 Å². The van der Waals surface area contributed by atoms with Gasteiger partial charge in [-0.3, -0.25) is 4.99 Å². The van der Waals surface area contributed by atoms with E-state index in [1.807, 2.05) is 48.5 Å². The van der Waals surface area contributed by atoms with E-state index in [1.165, 1.54) is 0 Å². The third-order valence-electron chi connectivity index (χ3n) is 4.44. The first-order valence-electron chi connectivity index (χ1n) is 9.03. The summed E-state index contributed by atoms with van der Waals surface area (Å²) in [4.78, 5) is 21.3. The van der Waals surface area contributed by atoms with Crippen molar-refractivity contribution in [3.63, 3.8) is 0 Å². The maximum Gasteiger partial charge on any atom is 0.323 e. The van der Waals surface area contributed by atoms with Crippen LogP contribution in [0.4, 0.5) is 5.69 Å². The summed E-state index contributed by atoms with van der Waals surface area (Å²) in [5.74, 6) is 1.16. The molecule has 0 atom stereocenters. The lowest BCUT2D eigenvalue weighted by Gasteiger charge is -2.14. The van der Waals surface area contributed by atoms with Crippen LogP contribution in [0.25, 0.3) is 11.0 Å². The maximum absolute atomic E-state index is 11.4. The van der Waals surface area contributed by atoms with Crippen molar-refractivity contribution >= 4 is 50.5 Å². The van der Waals surface area contributed by atoms with Gasteiger partial charge in [-0.2, -0.15) is 0 Å². The fourth-order valence-corrected chi connectivity index (χ4v) is 3.73. The monoisotopic (exact) mass is 485 g/mol. The SMILES string of the molecule is COc1cc(C=Nc2ccc3[nH]c(=O)[nH]c3c2)cc(Br)c1OCc1ccccc1Cl. The zero-order valence-electron chi connectivity index (χ0n) is 15.9. The number of imidazole rings is 1.